The predicted molar refractivity (Wildman–Crippen MR) is 111 cm³/mol. The number of piperidine rings is 1. The van der Waals surface area contributed by atoms with E-state index in [0.29, 0.717) is 18.0 Å². The largest absolute Gasteiger partial charge is 0.457 e. The first-order valence-electron chi connectivity index (χ1n) is 10.4. The number of ether oxygens (including phenoxy) is 1. The molecule has 4 rings (SSSR count). The van der Waals surface area contributed by atoms with Gasteiger partial charge in [-0.25, -0.2) is 9.18 Å². The van der Waals surface area contributed by atoms with Gasteiger partial charge in [0.15, 0.2) is 0 Å². The van der Waals surface area contributed by atoms with E-state index < -0.39 is 0 Å². The topological polar surface area (TPSA) is 61.9 Å². The Morgan fingerprint density at radius 3 is 2.67 bits per heavy atom. The van der Waals surface area contributed by atoms with Crippen LogP contribution in [0.15, 0.2) is 48.5 Å². The fourth-order valence-electron chi connectivity index (χ4n) is 4.13. The maximum Gasteiger partial charge on any atom is 0.327 e. The lowest BCUT2D eigenvalue weighted by molar-refractivity contribution is -0.127. The number of carbonyl (C=O) groups excluding carboxylic acids is 2. The zero-order chi connectivity index (χ0) is 21.1. The number of nitrogens with one attached hydrogen (secondary N) is 1. The van der Waals surface area contributed by atoms with Crippen molar-refractivity contribution in [1.82, 2.24) is 15.1 Å². The molecule has 2 aliphatic rings. The van der Waals surface area contributed by atoms with E-state index in [2.05, 4.69) is 5.32 Å². The minimum Gasteiger partial charge on any atom is -0.457 e. The van der Waals surface area contributed by atoms with Crippen LogP contribution in [0.4, 0.5) is 9.18 Å². The average molecular weight is 411 g/mol. The summed E-state index contributed by atoms with van der Waals surface area (Å²) in [4.78, 5) is 28.5. The molecular formula is C23H26FN3O3. The van der Waals surface area contributed by atoms with Crippen LogP contribution in [-0.4, -0.2) is 46.9 Å². The average Bonchev–Trinajstić information content (AvgIpc) is 3.03. The number of carbonyl (C=O) groups is 2. The van der Waals surface area contributed by atoms with Crippen molar-refractivity contribution in [3.8, 4) is 11.5 Å². The smallest absolute Gasteiger partial charge is 0.327 e. The van der Waals surface area contributed by atoms with Crippen molar-refractivity contribution in [2.75, 3.05) is 13.1 Å². The molecule has 0 aromatic heterocycles. The van der Waals surface area contributed by atoms with Gasteiger partial charge in [0.1, 0.15) is 23.9 Å². The Balaban J connectivity index is 1.42. The summed E-state index contributed by atoms with van der Waals surface area (Å²) in [6.45, 7) is 3.28. The van der Waals surface area contributed by atoms with Crippen molar-refractivity contribution in [3.05, 3.63) is 59.9 Å². The first-order chi connectivity index (χ1) is 14.5. The van der Waals surface area contributed by atoms with Crippen LogP contribution in [0, 0.1) is 5.82 Å². The molecule has 2 atom stereocenters. The lowest BCUT2D eigenvalue weighted by Crippen LogP contribution is -2.52. The second-order valence-electron chi connectivity index (χ2n) is 7.90. The van der Waals surface area contributed by atoms with Crippen LogP contribution in [0.25, 0.3) is 0 Å². The molecule has 2 aromatic carbocycles. The van der Waals surface area contributed by atoms with Gasteiger partial charge >= 0.3 is 6.03 Å². The van der Waals surface area contributed by atoms with Gasteiger partial charge in [-0.1, -0.05) is 18.6 Å². The normalized spacial score (nSPS) is 20.5. The number of benzene rings is 2. The third kappa shape index (κ3) is 4.46. The second kappa shape index (κ2) is 8.83. The maximum atomic E-state index is 13.1. The summed E-state index contributed by atoms with van der Waals surface area (Å²) in [6, 6.07) is 12.9. The molecule has 0 aliphatic carbocycles. The van der Waals surface area contributed by atoms with Crippen LogP contribution in [0.3, 0.4) is 0 Å². The van der Waals surface area contributed by atoms with Gasteiger partial charge in [-0.2, -0.15) is 0 Å². The molecule has 1 N–H and O–H groups in total. The number of hydrogen-bond donors (Lipinski definition) is 1. The van der Waals surface area contributed by atoms with Crippen LogP contribution in [-0.2, 0) is 11.3 Å². The number of halogens is 1. The Kier molecular flexibility index (Phi) is 5.99. The highest BCUT2D eigenvalue weighted by Crippen LogP contribution is 2.25. The Morgan fingerprint density at radius 1 is 1.13 bits per heavy atom. The van der Waals surface area contributed by atoms with Crippen LogP contribution in [0.2, 0.25) is 0 Å². The molecule has 30 heavy (non-hydrogen) atoms. The number of hydrogen-bond acceptors (Lipinski definition) is 4. The highest BCUT2D eigenvalue weighted by molar-refractivity contribution is 6.02. The number of nitrogens with zero attached hydrogens (tertiary/aromatic N) is 2. The quantitative estimate of drug-likeness (QED) is 0.732. The molecule has 7 heteroatoms. The summed E-state index contributed by atoms with van der Waals surface area (Å²) in [7, 11) is 0. The van der Waals surface area contributed by atoms with E-state index in [1.54, 1.807) is 23.1 Å². The van der Waals surface area contributed by atoms with E-state index in [1.165, 1.54) is 17.0 Å². The zero-order valence-corrected chi connectivity index (χ0v) is 17.0. The molecule has 2 unspecified atom stereocenters. The Labute approximate surface area is 175 Å². The molecule has 2 fully saturated rings. The summed E-state index contributed by atoms with van der Waals surface area (Å²) >= 11 is 0. The maximum absolute atomic E-state index is 13.1. The van der Waals surface area contributed by atoms with Crippen molar-refractivity contribution in [2.24, 2.45) is 0 Å². The first kappa shape index (κ1) is 20.3. The van der Waals surface area contributed by atoms with E-state index in [9.17, 15) is 14.0 Å². The van der Waals surface area contributed by atoms with Gasteiger partial charge in [0.2, 0.25) is 0 Å². The summed E-state index contributed by atoms with van der Waals surface area (Å²) in [5.74, 6) is 0.642. The van der Waals surface area contributed by atoms with Gasteiger partial charge in [-0.05, 0) is 68.3 Å². The molecule has 0 bridgehead atoms. The zero-order valence-electron chi connectivity index (χ0n) is 17.0. The summed E-state index contributed by atoms with van der Waals surface area (Å²) in [6.07, 6.45) is 3.22. The third-order valence-electron chi connectivity index (χ3n) is 5.73. The summed E-state index contributed by atoms with van der Waals surface area (Å²) in [5, 5.41) is 3.43. The molecule has 0 radical (unpaired) electrons. The van der Waals surface area contributed by atoms with Crippen LogP contribution in [0.5, 0.6) is 11.5 Å². The molecule has 0 spiro atoms. The predicted octanol–water partition coefficient (Wildman–Crippen LogP) is 3.91. The molecule has 3 amide bonds. The van der Waals surface area contributed by atoms with Gasteiger partial charge in [0.25, 0.3) is 5.91 Å². The Morgan fingerprint density at radius 2 is 1.93 bits per heavy atom. The first-order valence-corrected chi connectivity index (χ1v) is 10.4. The van der Waals surface area contributed by atoms with Crippen molar-refractivity contribution < 1.29 is 18.7 Å². The number of rotatable bonds is 6. The summed E-state index contributed by atoms with van der Waals surface area (Å²) < 4.78 is 18.8. The minimum absolute atomic E-state index is 0.0823. The summed E-state index contributed by atoms with van der Waals surface area (Å²) in [5.41, 5.74) is 0.862. The van der Waals surface area contributed by atoms with E-state index in [4.69, 9.17) is 4.74 Å². The number of amides is 3. The molecular weight excluding hydrogens is 385 g/mol. The molecule has 2 aliphatic heterocycles. The van der Waals surface area contributed by atoms with Crippen LogP contribution in [0.1, 0.15) is 31.7 Å². The van der Waals surface area contributed by atoms with Gasteiger partial charge in [0.05, 0.1) is 6.04 Å². The lowest BCUT2D eigenvalue weighted by atomic mass is 9.98. The van der Waals surface area contributed by atoms with Crippen molar-refractivity contribution >= 4 is 11.9 Å². The van der Waals surface area contributed by atoms with Crippen molar-refractivity contribution in [3.63, 3.8) is 0 Å². The fraction of sp³-hybridized carbons (Fsp3) is 0.391. The van der Waals surface area contributed by atoms with E-state index in [0.717, 1.165) is 31.4 Å². The second-order valence-corrected chi connectivity index (χ2v) is 7.90. The standard InChI is InChI=1S/C23H26FN3O3/c1-16(21-7-2-3-12-25-21)27-22(28)15-26(23(27)29)14-17-5-4-6-20(13-17)30-19-10-8-18(24)9-11-19/h4-6,8-11,13,16,21,25H,2-3,7,12,14-15H2,1H3. The van der Waals surface area contributed by atoms with Gasteiger partial charge in [-0.15, -0.1) is 0 Å². The molecule has 158 valence electrons. The Bertz CT molecular complexity index is 912. The van der Waals surface area contributed by atoms with Crippen LogP contribution < -0.4 is 10.1 Å². The molecule has 6 nitrogen and oxygen atoms in total. The molecule has 0 saturated carbocycles. The lowest BCUT2D eigenvalue weighted by Gasteiger charge is -2.33. The van der Waals surface area contributed by atoms with E-state index >= 15 is 0 Å². The third-order valence-corrected chi connectivity index (χ3v) is 5.73. The monoisotopic (exact) mass is 411 g/mol. The Hall–Kier alpha value is -2.93. The molecule has 2 aromatic rings. The van der Waals surface area contributed by atoms with Gasteiger partial charge in [-0.3, -0.25) is 9.69 Å². The number of urea groups is 1. The molecule has 2 heterocycles. The van der Waals surface area contributed by atoms with Gasteiger partial charge < -0.3 is 15.0 Å². The van der Waals surface area contributed by atoms with E-state index in [1.807, 2.05) is 25.1 Å². The van der Waals surface area contributed by atoms with Gasteiger partial charge in [0, 0.05) is 12.6 Å². The SMILES string of the molecule is CC(C1CCCCN1)N1C(=O)CN(Cc2cccc(Oc3ccc(F)cc3)c2)C1=O. The minimum atomic E-state index is -0.324. The van der Waals surface area contributed by atoms with Crippen molar-refractivity contribution in [2.45, 2.75) is 44.8 Å². The van der Waals surface area contributed by atoms with Crippen LogP contribution >= 0.6 is 0 Å². The molecule has 2 saturated heterocycles. The van der Waals surface area contributed by atoms with Crippen molar-refractivity contribution in [1.29, 1.82) is 0 Å². The number of imide groups is 1. The highest BCUT2D eigenvalue weighted by atomic mass is 19.1. The highest BCUT2D eigenvalue weighted by Gasteiger charge is 2.41. The van der Waals surface area contributed by atoms with E-state index in [-0.39, 0.29) is 36.4 Å². The fourth-order valence-corrected chi connectivity index (χ4v) is 4.13.